The van der Waals surface area contributed by atoms with Crippen LogP contribution in [0.1, 0.15) is 13.3 Å². The predicted octanol–water partition coefficient (Wildman–Crippen LogP) is 2.62. The number of para-hydroxylation sites is 1. The molecule has 20 heavy (non-hydrogen) atoms. The SMILES string of the molecule is CCSc1ccccc1NC(=O)N1CCC2CNCC21. The molecular weight excluding hydrogens is 270 g/mol. The van der Waals surface area contributed by atoms with Crippen LogP contribution in [0.5, 0.6) is 0 Å². The van der Waals surface area contributed by atoms with Crippen molar-refractivity contribution in [1.29, 1.82) is 0 Å². The molecule has 1 aromatic carbocycles. The van der Waals surface area contributed by atoms with Crippen molar-refractivity contribution >= 4 is 23.5 Å². The average molecular weight is 291 g/mol. The molecule has 0 aromatic heterocycles. The maximum absolute atomic E-state index is 12.5. The molecule has 2 aliphatic rings. The molecule has 3 rings (SSSR count). The standard InChI is InChI=1S/C15H21N3OS/c1-2-20-14-6-4-3-5-12(14)17-15(19)18-8-7-11-9-16-10-13(11)18/h3-6,11,13,16H,2,7-10H2,1H3,(H,17,19). The first kappa shape index (κ1) is 13.8. The van der Waals surface area contributed by atoms with E-state index in [2.05, 4.69) is 23.6 Å². The number of hydrogen-bond donors (Lipinski definition) is 2. The summed E-state index contributed by atoms with van der Waals surface area (Å²) in [6, 6.07) is 8.45. The van der Waals surface area contributed by atoms with Crippen LogP contribution in [0.4, 0.5) is 10.5 Å². The molecule has 2 heterocycles. The van der Waals surface area contributed by atoms with Crippen molar-refractivity contribution in [3.05, 3.63) is 24.3 Å². The molecule has 4 nitrogen and oxygen atoms in total. The molecule has 0 radical (unpaired) electrons. The second kappa shape index (κ2) is 6.06. The normalized spacial score (nSPS) is 24.8. The third-order valence-corrected chi connectivity index (χ3v) is 5.09. The number of carbonyl (C=O) groups is 1. The molecule has 2 saturated heterocycles. The van der Waals surface area contributed by atoms with E-state index < -0.39 is 0 Å². The van der Waals surface area contributed by atoms with Crippen LogP contribution in [0.15, 0.2) is 29.2 Å². The zero-order valence-corrected chi connectivity index (χ0v) is 12.6. The van der Waals surface area contributed by atoms with Gasteiger partial charge in [-0.05, 0) is 30.2 Å². The van der Waals surface area contributed by atoms with E-state index in [9.17, 15) is 4.79 Å². The van der Waals surface area contributed by atoms with Crippen LogP contribution in [-0.2, 0) is 0 Å². The van der Waals surface area contributed by atoms with E-state index in [1.165, 1.54) is 0 Å². The third kappa shape index (κ3) is 2.65. The van der Waals surface area contributed by atoms with Crippen LogP contribution in [0.3, 0.4) is 0 Å². The molecule has 2 unspecified atom stereocenters. The topological polar surface area (TPSA) is 44.4 Å². The number of amides is 2. The Bertz CT molecular complexity index is 494. The average Bonchev–Trinajstić information content (AvgIpc) is 3.03. The van der Waals surface area contributed by atoms with Gasteiger partial charge in [-0.1, -0.05) is 19.1 Å². The highest BCUT2D eigenvalue weighted by Gasteiger charge is 2.39. The van der Waals surface area contributed by atoms with Crippen molar-refractivity contribution in [3.63, 3.8) is 0 Å². The summed E-state index contributed by atoms with van der Waals surface area (Å²) in [6.07, 6.45) is 1.12. The fraction of sp³-hybridized carbons (Fsp3) is 0.533. The molecule has 5 heteroatoms. The van der Waals surface area contributed by atoms with Gasteiger partial charge in [0.1, 0.15) is 0 Å². The molecule has 108 valence electrons. The van der Waals surface area contributed by atoms with Crippen molar-refractivity contribution < 1.29 is 4.79 Å². The van der Waals surface area contributed by atoms with Crippen LogP contribution >= 0.6 is 11.8 Å². The van der Waals surface area contributed by atoms with Crippen LogP contribution < -0.4 is 10.6 Å². The summed E-state index contributed by atoms with van der Waals surface area (Å²) in [7, 11) is 0. The van der Waals surface area contributed by atoms with Crippen LogP contribution in [0.25, 0.3) is 0 Å². The number of hydrogen-bond acceptors (Lipinski definition) is 3. The minimum atomic E-state index is 0.0466. The number of likely N-dealkylation sites (tertiary alicyclic amines) is 1. The van der Waals surface area contributed by atoms with Gasteiger partial charge >= 0.3 is 6.03 Å². The molecule has 1 aromatic rings. The first-order chi connectivity index (χ1) is 9.79. The Hall–Kier alpha value is -1.20. The molecule has 2 atom stereocenters. The lowest BCUT2D eigenvalue weighted by Gasteiger charge is -2.24. The van der Waals surface area contributed by atoms with Gasteiger partial charge in [0.05, 0.1) is 5.69 Å². The zero-order valence-electron chi connectivity index (χ0n) is 11.8. The molecule has 0 aliphatic carbocycles. The molecule has 0 saturated carbocycles. The quantitative estimate of drug-likeness (QED) is 0.842. The Morgan fingerprint density at radius 3 is 3.15 bits per heavy atom. The van der Waals surface area contributed by atoms with Gasteiger partial charge in [-0.3, -0.25) is 0 Å². The molecule has 2 fully saturated rings. The summed E-state index contributed by atoms with van der Waals surface area (Å²) in [6.45, 7) is 4.99. The zero-order chi connectivity index (χ0) is 13.9. The third-order valence-electron chi connectivity index (χ3n) is 4.13. The smallest absolute Gasteiger partial charge is 0.320 e. The van der Waals surface area contributed by atoms with Crippen molar-refractivity contribution in [3.8, 4) is 0 Å². The fourth-order valence-corrected chi connectivity index (χ4v) is 3.90. The number of fused-ring (bicyclic) bond motifs is 1. The van der Waals surface area contributed by atoms with Gasteiger partial charge in [0, 0.05) is 30.6 Å². The molecule has 2 amide bonds. The Labute approximate surface area is 124 Å². The van der Waals surface area contributed by atoms with E-state index >= 15 is 0 Å². The summed E-state index contributed by atoms with van der Waals surface area (Å²) in [5.41, 5.74) is 0.929. The van der Waals surface area contributed by atoms with E-state index in [1.54, 1.807) is 11.8 Å². The van der Waals surface area contributed by atoms with Crippen LogP contribution in [-0.4, -0.2) is 42.4 Å². The number of anilines is 1. The Balaban J connectivity index is 1.70. The summed E-state index contributed by atoms with van der Waals surface area (Å²) < 4.78 is 0. The molecule has 2 aliphatic heterocycles. The highest BCUT2D eigenvalue weighted by Crippen LogP contribution is 2.30. The highest BCUT2D eigenvalue weighted by molar-refractivity contribution is 7.99. The lowest BCUT2D eigenvalue weighted by molar-refractivity contribution is 0.206. The van der Waals surface area contributed by atoms with Gasteiger partial charge in [-0.15, -0.1) is 11.8 Å². The summed E-state index contributed by atoms with van der Waals surface area (Å²) in [5.74, 6) is 1.65. The number of rotatable bonds is 3. The fourth-order valence-electron chi connectivity index (χ4n) is 3.14. The van der Waals surface area contributed by atoms with Crippen molar-refractivity contribution in [1.82, 2.24) is 10.2 Å². The maximum Gasteiger partial charge on any atom is 0.322 e. The number of benzene rings is 1. The van der Waals surface area contributed by atoms with Crippen LogP contribution in [0.2, 0.25) is 0 Å². The molecular formula is C15H21N3OS. The minimum Gasteiger partial charge on any atom is -0.320 e. The highest BCUT2D eigenvalue weighted by atomic mass is 32.2. The second-order valence-corrected chi connectivity index (χ2v) is 6.63. The molecule has 2 N–H and O–H groups in total. The second-order valence-electron chi connectivity index (χ2n) is 5.33. The summed E-state index contributed by atoms with van der Waals surface area (Å²) >= 11 is 1.76. The number of thioether (sulfide) groups is 1. The van der Waals surface area contributed by atoms with Crippen LogP contribution in [0, 0.1) is 5.92 Å². The van der Waals surface area contributed by atoms with Gasteiger partial charge < -0.3 is 15.5 Å². The van der Waals surface area contributed by atoms with Crippen molar-refractivity contribution in [2.75, 3.05) is 30.7 Å². The first-order valence-corrected chi connectivity index (χ1v) is 8.28. The van der Waals surface area contributed by atoms with E-state index in [0.717, 1.165) is 42.4 Å². The van der Waals surface area contributed by atoms with Gasteiger partial charge in [0.2, 0.25) is 0 Å². The van der Waals surface area contributed by atoms with E-state index in [0.29, 0.717) is 12.0 Å². The lowest BCUT2D eigenvalue weighted by Crippen LogP contribution is -2.41. The van der Waals surface area contributed by atoms with E-state index in [4.69, 9.17) is 0 Å². The minimum absolute atomic E-state index is 0.0466. The Morgan fingerprint density at radius 1 is 1.45 bits per heavy atom. The number of nitrogens with one attached hydrogen (secondary N) is 2. The number of nitrogens with zero attached hydrogens (tertiary/aromatic N) is 1. The van der Waals surface area contributed by atoms with E-state index in [1.807, 2.05) is 23.1 Å². The summed E-state index contributed by atoms with van der Waals surface area (Å²) in [4.78, 5) is 15.6. The van der Waals surface area contributed by atoms with Crippen molar-refractivity contribution in [2.24, 2.45) is 5.92 Å². The summed E-state index contributed by atoms with van der Waals surface area (Å²) in [5, 5.41) is 6.47. The van der Waals surface area contributed by atoms with Gasteiger partial charge in [0.25, 0.3) is 0 Å². The van der Waals surface area contributed by atoms with Gasteiger partial charge in [0.15, 0.2) is 0 Å². The largest absolute Gasteiger partial charge is 0.322 e. The Kier molecular flexibility index (Phi) is 4.17. The first-order valence-electron chi connectivity index (χ1n) is 7.29. The van der Waals surface area contributed by atoms with Crippen molar-refractivity contribution in [2.45, 2.75) is 24.3 Å². The lowest BCUT2D eigenvalue weighted by atomic mass is 10.1. The predicted molar refractivity (Wildman–Crippen MR) is 83.3 cm³/mol. The monoisotopic (exact) mass is 291 g/mol. The number of carbonyl (C=O) groups excluding carboxylic acids is 1. The van der Waals surface area contributed by atoms with Gasteiger partial charge in [-0.2, -0.15) is 0 Å². The molecule has 0 spiro atoms. The van der Waals surface area contributed by atoms with E-state index in [-0.39, 0.29) is 6.03 Å². The maximum atomic E-state index is 12.5. The van der Waals surface area contributed by atoms with Gasteiger partial charge in [-0.25, -0.2) is 4.79 Å². The number of urea groups is 1. The Morgan fingerprint density at radius 2 is 2.30 bits per heavy atom. The molecule has 0 bridgehead atoms.